The smallest absolute Gasteiger partial charge is 0.303 e. The highest BCUT2D eigenvalue weighted by Crippen LogP contribution is 2.58. The summed E-state index contributed by atoms with van der Waals surface area (Å²) in [6, 6.07) is 0. The van der Waals surface area contributed by atoms with Gasteiger partial charge in [-0.2, -0.15) is 0 Å². The molecule has 1 saturated carbocycles. The third kappa shape index (κ3) is 4.98. The van der Waals surface area contributed by atoms with Gasteiger partial charge in [0.05, 0.1) is 6.10 Å². The lowest BCUT2D eigenvalue weighted by Gasteiger charge is -2.53. The van der Waals surface area contributed by atoms with E-state index in [1.807, 2.05) is 13.8 Å². The Balaban J connectivity index is 2.19. The first kappa shape index (κ1) is 25.7. The van der Waals surface area contributed by atoms with Gasteiger partial charge in [0.1, 0.15) is 17.8 Å². The Hall–Kier alpha value is -1.89. The van der Waals surface area contributed by atoms with Crippen molar-refractivity contribution in [2.24, 2.45) is 23.7 Å². The normalized spacial score (nSPS) is 42.2. The summed E-state index contributed by atoms with van der Waals surface area (Å²) in [7, 11) is 0. The Morgan fingerprint density at radius 2 is 1.70 bits per heavy atom. The lowest BCUT2D eigenvalue weighted by atomic mass is 9.56. The fraction of sp³-hybridized carbons (Fsp3) is 0.808. The second kappa shape index (κ2) is 9.40. The van der Waals surface area contributed by atoms with Crippen LogP contribution in [0.3, 0.4) is 0 Å². The predicted molar refractivity (Wildman–Crippen MR) is 122 cm³/mol. The molecule has 2 fully saturated rings. The first-order valence-electron chi connectivity index (χ1n) is 12.2. The van der Waals surface area contributed by atoms with Crippen LogP contribution in [0.2, 0.25) is 0 Å². The van der Waals surface area contributed by atoms with Crippen LogP contribution in [-0.4, -0.2) is 47.4 Å². The molecule has 7 heteroatoms. The van der Waals surface area contributed by atoms with Crippen LogP contribution < -0.4 is 0 Å². The van der Waals surface area contributed by atoms with Gasteiger partial charge in [0, 0.05) is 32.6 Å². The van der Waals surface area contributed by atoms with Crippen LogP contribution in [0.1, 0.15) is 81.1 Å². The first-order valence-corrected chi connectivity index (χ1v) is 12.2. The topological polar surface area (TPSA) is 88.1 Å². The summed E-state index contributed by atoms with van der Waals surface area (Å²) in [5, 5.41) is 0. The third-order valence-electron chi connectivity index (χ3n) is 7.93. The number of esters is 3. The molecule has 0 unspecified atom stereocenters. The van der Waals surface area contributed by atoms with Crippen molar-refractivity contribution in [2.75, 3.05) is 0 Å². The third-order valence-corrected chi connectivity index (χ3v) is 7.93. The summed E-state index contributed by atoms with van der Waals surface area (Å²) in [4.78, 5) is 36.5. The lowest BCUT2D eigenvalue weighted by Crippen LogP contribution is -2.63. The van der Waals surface area contributed by atoms with Gasteiger partial charge in [0.15, 0.2) is 5.60 Å². The maximum Gasteiger partial charge on any atom is 0.303 e. The number of carbonyl (C=O) groups excluding carboxylic acids is 3. The van der Waals surface area contributed by atoms with E-state index in [0.717, 1.165) is 6.42 Å². The van der Waals surface area contributed by atoms with E-state index in [2.05, 4.69) is 26.8 Å². The minimum absolute atomic E-state index is 0.0265. The quantitative estimate of drug-likeness (QED) is 0.347. The fourth-order valence-electron chi connectivity index (χ4n) is 6.73. The van der Waals surface area contributed by atoms with E-state index in [1.165, 1.54) is 26.3 Å². The molecule has 0 aromatic carbocycles. The summed E-state index contributed by atoms with van der Waals surface area (Å²) in [5.74, 6) is -0.984. The summed E-state index contributed by atoms with van der Waals surface area (Å²) < 4.78 is 24.6. The van der Waals surface area contributed by atoms with E-state index in [4.69, 9.17) is 18.9 Å². The van der Waals surface area contributed by atoms with Gasteiger partial charge in [-0.25, -0.2) is 0 Å². The minimum Gasteiger partial charge on any atom is -0.458 e. The highest BCUT2D eigenvalue weighted by molar-refractivity contribution is 5.68. The van der Waals surface area contributed by atoms with Crippen LogP contribution in [0.5, 0.6) is 0 Å². The molecule has 0 aromatic heterocycles. The molecule has 0 aromatic rings. The molecule has 1 aliphatic carbocycles. The molecule has 1 saturated heterocycles. The standard InChI is InChI=1S/C26H40O7/c1-14(2)19-13-21(30-16(4)27)26(8,33-18(6)29)23-20-12-15(3)10-9-11-25(7,32-17(5)28)24(31-20)22(19)23/h10,14,19-24H,9,11-13H2,1-8H3/b15-10+/t19-,20+,21+,22-,23-,24+,25-,26-/m1/s1. The number of fused-ring (bicyclic) bond motifs is 5. The van der Waals surface area contributed by atoms with Gasteiger partial charge >= 0.3 is 17.9 Å². The Morgan fingerprint density at radius 1 is 1.06 bits per heavy atom. The van der Waals surface area contributed by atoms with Crippen LogP contribution in [-0.2, 0) is 33.3 Å². The molecule has 2 bridgehead atoms. The van der Waals surface area contributed by atoms with Crippen LogP contribution >= 0.6 is 0 Å². The highest BCUT2D eigenvalue weighted by Gasteiger charge is 2.67. The van der Waals surface area contributed by atoms with E-state index in [1.54, 1.807) is 0 Å². The monoisotopic (exact) mass is 464 g/mol. The van der Waals surface area contributed by atoms with Crippen molar-refractivity contribution in [1.82, 2.24) is 0 Å². The number of allylic oxidation sites excluding steroid dienone is 1. The molecule has 3 rings (SSSR count). The van der Waals surface area contributed by atoms with Crippen molar-refractivity contribution >= 4 is 17.9 Å². The fourth-order valence-corrected chi connectivity index (χ4v) is 6.73. The number of ether oxygens (including phenoxy) is 4. The molecule has 0 spiro atoms. The second-order valence-corrected chi connectivity index (χ2v) is 10.9. The summed E-state index contributed by atoms with van der Waals surface area (Å²) in [5.41, 5.74) is -0.681. The van der Waals surface area contributed by atoms with Crippen molar-refractivity contribution in [3.63, 3.8) is 0 Å². The van der Waals surface area contributed by atoms with Crippen LogP contribution in [0.15, 0.2) is 11.6 Å². The molecule has 0 amide bonds. The van der Waals surface area contributed by atoms with Gasteiger partial charge in [-0.05, 0) is 58.3 Å². The van der Waals surface area contributed by atoms with Crippen molar-refractivity contribution in [1.29, 1.82) is 0 Å². The van der Waals surface area contributed by atoms with Crippen molar-refractivity contribution in [3.05, 3.63) is 11.6 Å². The average molecular weight is 465 g/mol. The van der Waals surface area contributed by atoms with Crippen LogP contribution in [0.4, 0.5) is 0 Å². The molecule has 186 valence electrons. The number of hydrogen-bond donors (Lipinski definition) is 0. The number of rotatable bonds is 4. The zero-order valence-electron chi connectivity index (χ0n) is 21.3. The molecule has 8 atom stereocenters. The van der Waals surface area contributed by atoms with E-state index in [-0.39, 0.29) is 41.8 Å². The lowest BCUT2D eigenvalue weighted by molar-refractivity contribution is -0.215. The zero-order valence-corrected chi connectivity index (χ0v) is 21.3. The average Bonchev–Trinajstić information content (AvgIpc) is 3.04. The molecule has 7 nitrogen and oxygen atoms in total. The molecular weight excluding hydrogens is 424 g/mol. The first-order chi connectivity index (χ1) is 15.3. The number of hydrogen-bond acceptors (Lipinski definition) is 7. The van der Waals surface area contributed by atoms with Gasteiger partial charge in [-0.15, -0.1) is 0 Å². The maximum absolute atomic E-state index is 12.3. The second-order valence-electron chi connectivity index (χ2n) is 10.9. The van der Waals surface area contributed by atoms with Gasteiger partial charge in [-0.3, -0.25) is 14.4 Å². The summed E-state index contributed by atoms with van der Waals surface area (Å²) in [6.45, 7) is 14.4. The molecule has 2 aliphatic heterocycles. The molecule has 2 heterocycles. The molecule has 33 heavy (non-hydrogen) atoms. The summed E-state index contributed by atoms with van der Waals surface area (Å²) >= 11 is 0. The Morgan fingerprint density at radius 3 is 2.24 bits per heavy atom. The van der Waals surface area contributed by atoms with E-state index < -0.39 is 29.2 Å². The largest absolute Gasteiger partial charge is 0.458 e. The highest BCUT2D eigenvalue weighted by atomic mass is 16.6. The van der Waals surface area contributed by atoms with Gasteiger partial charge in [0.2, 0.25) is 0 Å². The molecule has 3 aliphatic rings. The van der Waals surface area contributed by atoms with E-state index in [0.29, 0.717) is 19.3 Å². The van der Waals surface area contributed by atoms with Crippen molar-refractivity contribution in [3.8, 4) is 0 Å². The van der Waals surface area contributed by atoms with Crippen molar-refractivity contribution in [2.45, 2.75) is 111 Å². The Kier molecular flexibility index (Phi) is 7.33. The van der Waals surface area contributed by atoms with Crippen LogP contribution in [0, 0.1) is 23.7 Å². The molecule has 0 radical (unpaired) electrons. The van der Waals surface area contributed by atoms with E-state index >= 15 is 0 Å². The van der Waals surface area contributed by atoms with E-state index in [9.17, 15) is 14.4 Å². The Bertz CT molecular complexity index is 817. The van der Waals surface area contributed by atoms with Crippen molar-refractivity contribution < 1.29 is 33.3 Å². The molecule has 0 N–H and O–H groups in total. The zero-order chi connectivity index (χ0) is 24.7. The summed E-state index contributed by atoms with van der Waals surface area (Å²) in [6.07, 6.45) is 3.67. The predicted octanol–water partition coefficient (Wildman–Crippen LogP) is 4.37. The number of carbonyl (C=O) groups is 3. The Labute approximate surface area is 197 Å². The maximum atomic E-state index is 12.3. The minimum atomic E-state index is -1.05. The molecular formula is C26H40O7. The van der Waals surface area contributed by atoms with Gasteiger partial charge in [-0.1, -0.05) is 25.5 Å². The SMILES string of the molecule is CC(=O)O[C@H]1C[C@H](C(C)C)[C@@H]2[C@@H]([C@@H]3C/C(C)=C/CC[C@@](C)(OC(C)=O)[C@H]2O3)[C@]1(C)OC(C)=O. The van der Waals surface area contributed by atoms with Gasteiger partial charge < -0.3 is 18.9 Å². The van der Waals surface area contributed by atoms with Crippen LogP contribution in [0.25, 0.3) is 0 Å². The van der Waals surface area contributed by atoms with Gasteiger partial charge in [0.25, 0.3) is 0 Å².